The van der Waals surface area contributed by atoms with Crippen LogP contribution in [0.1, 0.15) is 34.6 Å². The molecule has 0 spiro atoms. The van der Waals surface area contributed by atoms with Crippen LogP contribution >= 0.6 is 0 Å². The largest absolute Gasteiger partial charge is 2.00 e. The van der Waals surface area contributed by atoms with Gasteiger partial charge >= 0.3 is 29.0 Å². The van der Waals surface area contributed by atoms with Crippen LogP contribution in [0.5, 0.6) is 0 Å². The number of hydrogen-bond donors (Lipinski definition) is 1. The number of hydrogen-bond acceptors (Lipinski definition) is 1. The molecule has 1 unspecified atom stereocenters. The zero-order valence-electron chi connectivity index (χ0n) is 11.9. The van der Waals surface area contributed by atoms with E-state index in [-0.39, 0.29) is 31.8 Å². The van der Waals surface area contributed by atoms with Crippen molar-refractivity contribution in [2.75, 3.05) is 0 Å². The molecule has 0 amide bonds. The van der Waals surface area contributed by atoms with Crippen LogP contribution < -0.4 is 0 Å². The molecule has 0 heterocycles. The molecule has 0 saturated heterocycles. The van der Waals surface area contributed by atoms with Gasteiger partial charge in [-0.1, -0.05) is 50.1 Å². The maximum Gasteiger partial charge on any atom is 2.00 e. The molecule has 16 heavy (non-hydrogen) atoms. The molecule has 1 atom stereocenters. The van der Waals surface area contributed by atoms with E-state index in [4.69, 9.17) is 5.11 Å². The average molecular weight is 233 g/mol. The van der Waals surface area contributed by atoms with Crippen LogP contribution in [0.25, 0.3) is 0 Å². The Bertz CT molecular complexity index is 307. The predicted octanol–water partition coefficient (Wildman–Crippen LogP) is 2.96. The quantitative estimate of drug-likeness (QED) is 0.766. The number of rotatable bonds is 6. The number of aliphatic carboxylic acids is 1. The third-order valence-electron chi connectivity index (χ3n) is 2.58. The summed E-state index contributed by atoms with van der Waals surface area (Å²) in [4.78, 5) is 11.0. The number of unbranched alkanes of at least 4 members (excludes halogenated alkanes) is 1. The summed E-state index contributed by atoms with van der Waals surface area (Å²) >= 11 is 0. The molecule has 3 heteroatoms. The van der Waals surface area contributed by atoms with Crippen LogP contribution in [0.4, 0.5) is 0 Å². The minimum atomic E-state index is -0.674. The van der Waals surface area contributed by atoms with Crippen molar-refractivity contribution in [3.63, 3.8) is 0 Å². The zero-order chi connectivity index (χ0) is 11.1. The molecule has 0 aliphatic carbocycles. The minimum absolute atomic E-state index is 0. The molecule has 0 fully saturated rings. The number of carboxylic acid groups (broad SMARTS) is 1. The van der Waals surface area contributed by atoms with E-state index in [2.05, 4.69) is 6.92 Å². The molecule has 1 N–H and O–H groups in total. The van der Waals surface area contributed by atoms with Gasteiger partial charge in [0, 0.05) is 0 Å². The van der Waals surface area contributed by atoms with Crippen molar-refractivity contribution < 1.29 is 12.8 Å². The molecule has 0 saturated carbocycles. The van der Waals surface area contributed by atoms with Crippen molar-refractivity contribution in [3.8, 4) is 0 Å². The van der Waals surface area contributed by atoms with Gasteiger partial charge in [0.1, 0.15) is 0 Å². The summed E-state index contributed by atoms with van der Waals surface area (Å²) in [6, 6.07) is 9.83. The molecule has 2 nitrogen and oxygen atoms in total. The molecule has 0 aliphatic heterocycles. The fraction of sp³-hybridized carbons (Fsp3) is 0.462. The Labute approximate surface area is 116 Å². The number of carbonyl (C=O) groups is 1. The summed E-state index contributed by atoms with van der Waals surface area (Å²) in [7, 11) is 0. The first-order valence-corrected chi connectivity index (χ1v) is 5.50. The second-order valence-corrected chi connectivity index (χ2v) is 3.87. The third-order valence-corrected chi connectivity index (χ3v) is 2.58. The van der Waals surface area contributed by atoms with Crippen molar-refractivity contribution in [1.29, 1.82) is 0 Å². The number of benzene rings is 1. The first kappa shape index (κ1) is 15.5. The van der Waals surface area contributed by atoms with Gasteiger partial charge in [-0.2, -0.15) is 0 Å². The van der Waals surface area contributed by atoms with Gasteiger partial charge in [-0.05, 0) is 18.4 Å². The second-order valence-electron chi connectivity index (χ2n) is 3.87. The topological polar surface area (TPSA) is 37.3 Å². The summed E-state index contributed by atoms with van der Waals surface area (Å²) < 4.78 is 0. The molecule has 86 valence electrons. The van der Waals surface area contributed by atoms with Gasteiger partial charge in [0.25, 0.3) is 0 Å². The van der Waals surface area contributed by atoms with E-state index < -0.39 is 5.97 Å². The normalized spacial score (nSPS) is 11.6. The van der Waals surface area contributed by atoms with Crippen molar-refractivity contribution >= 4 is 29.0 Å². The van der Waals surface area contributed by atoms with E-state index in [0.717, 1.165) is 24.8 Å². The Balaban J connectivity index is -0.000000750. The predicted molar refractivity (Wildman–Crippen MR) is 68.8 cm³/mol. The Hall–Kier alpha value is -0.544. The van der Waals surface area contributed by atoms with E-state index in [0.29, 0.717) is 6.42 Å². The molecular formula is C13H20MgO2. The van der Waals surface area contributed by atoms with Crippen molar-refractivity contribution in [2.24, 2.45) is 5.92 Å². The smallest absolute Gasteiger partial charge is 1.00 e. The standard InChI is InChI=1S/C13H18O2.Mg.2H/c1-2-3-9-12(13(14)15)10-11-7-5-4-6-8-11;;;/h4-8,12H,2-3,9-10H2,1H3,(H,14,15);;;/q;+2;2*-1. The fourth-order valence-corrected chi connectivity index (χ4v) is 1.66. The van der Waals surface area contributed by atoms with Crippen molar-refractivity contribution in [3.05, 3.63) is 35.9 Å². The van der Waals surface area contributed by atoms with E-state index in [1.165, 1.54) is 0 Å². The maximum absolute atomic E-state index is 11.0. The van der Waals surface area contributed by atoms with E-state index in [1.807, 2.05) is 30.3 Å². The molecule has 1 rings (SSSR count). The first-order chi connectivity index (χ1) is 7.24. The second kappa shape index (κ2) is 8.59. The summed E-state index contributed by atoms with van der Waals surface area (Å²) in [5.41, 5.74) is 1.11. The first-order valence-electron chi connectivity index (χ1n) is 5.50. The molecular weight excluding hydrogens is 212 g/mol. The Morgan fingerprint density at radius 3 is 2.50 bits per heavy atom. The molecule has 1 aromatic carbocycles. The van der Waals surface area contributed by atoms with Crippen LogP contribution in [-0.2, 0) is 11.2 Å². The molecule has 0 radical (unpaired) electrons. The monoisotopic (exact) mass is 232 g/mol. The Morgan fingerprint density at radius 2 is 2.00 bits per heavy atom. The van der Waals surface area contributed by atoms with Crippen molar-refractivity contribution in [1.82, 2.24) is 0 Å². The maximum atomic E-state index is 11.0. The van der Waals surface area contributed by atoms with Crippen LogP contribution in [0.3, 0.4) is 0 Å². The van der Waals surface area contributed by atoms with Gasteiger partial charge < -0.3 is 7.96 Å². The van der Waals surface area contributed by atoms with Gasteiger partial charge in [0.05, 0.1) is 5.92 Å². The zero-order valence-corrected chi connectivity index (χ0v) is 11.3. The van der Waals surface area contributed by atoms with Gasteiger partial charge in [-0.3, -0.25) is 4.79 Å². The SMILES string of the molecule is CCCCC(Cc1ccccc1)C(=O)O.[H-].[H-].[Mg+2]. The third kappa shape index (κ3) is 5.52. The van der Waals surface area contributed by atoms with Crippen LogP contribution in [0.15, 0.2) is 30.3 Å². The van der Waals surface area contributed by atoms with E-state index in [9.17, 15) is 4.79 Å². The van der Waals surface area contributed by atoms with Gasteiger partial charge in [0.2, 0.25) is 0 Å². The average Bonchev–Trinajstić information content (AvgIpc) is 2.25. The summed E-state index contributed by atoms with van der Waals surface area (Å²) in [5.74, 6) is -0.903. The van der Waals surface area contributed by atoms with Crippen LogP contribution in [-0.4, -0.2) is 34.1 Å². The van der Waals surface area contributed by atoms with Gasteiger partial charge in [-0.25, -0.2) is 0 Å². The molecule has 0 aliphatic rings. The fourth-order valence-electron chi connectivity index (χ4n) is 1.66. The number of carboxylic acids is 1. The molecule has 0 bridgehead atoms. The van der Waals surface area contributed by atoms with Crippen LogP contribution in [0.2, 0.25) is 0 Å². The van der Waals surface area contributed by atoms with Gasteiger partial charge in [0.15, 0.2) is 0 Å². The molecule has 1 aromatic rings. The Kier molecular flexibility index (Phi) is 8.30. The summed E-state index contributed by atoms with van der Waals surface area (Å²) in [6.07, 6.45) is 3.47. The van der Waals surface area contributed by atoms with Gasteiger partial charge in [-0.15, -0.1) is 0 Å². The summed E-state index contributed by atoms with van der Waals surface area (Å²) in [6.45, 7) is 2.08. The Morgan fingerprint density at radius 1 is 1.38 bits per heavy atom. The molecule has 0 aromatic heterocycles. The van der Waals surface area contributed by atoms with Crippen LogP contribution in [0, 0.1) is 5.92 Å². The van der Waals surface area contributed by atoms with E-state index in [1.54, 1.807) is 0 Å². The van der Waals surface area contributed by atoms with Crippen molar-refractivity contribution in [2.45, 2.75) is 32.6 Å². The van der Waals surface area contributed by atoms with E-state index >= 15 is 0 Å². The summed E-state index contributed by atoms with van der Waals surface area (Å²) in [5, 5.41) is 9.06. The minimum Gasteiger partial charge on any atom is -1.00 e.